The van der Waals surface area contributed by atoms with Crippen molar-refractivity contribution in [1.82, 2.24) is 24.6 Å². The number of halogens is 1. The number of anilines is 3. The van der Waals surface area contributed by atoms with Gasteiger partial charge in [-0.3, -0.25) is 9.48 Å². The van der Waals surface area contributed by atoms with Gasteiger partial charge in [0.25, 0.3) is 0 Å². The Morgan fingerprint density at radius 3 is 1.25 bits per heavy atom. The Morgan fingerprint density at radius 1 is 0.532 bits per heavy atom. The van der Waals surface area contributed by atoms with E-state index in [1.54, 1.807) is 17.1 Å². The second-order valence-corrected chi connectivity index (χ2v) is 25.2. The number of nitrogens with one attached hydrogen (secondary N) is 2. The summed E-state index contributed by atoms with van der Waals surface area (Å²) in [6, 6.07) is 2.33. The molecule has 0 aromatic carbocycles. The molecular formula is C67H119ClN8O. The maximum atomic E-state index is 12.8. The molecule has 2 fully saturated rings. The molecule has 9 nitrogen and oxygen atoms in total. The first kappa shape index (κ1) is 66.7. The molecule has 2 aromatic rings. The Hall–Kier alpha value is -2.86. The van der Waals surface area contributed by atoms with Crippen molar-refractivity contribution in [1.29, 1.82) is 5.26 Å². The second-order valence-electron chi connectivity index (χ2n) is 24.8. The number of carbonyl (C=O) groups excluding carboxylic acids is 1. The summed E-state index contributed by atoms with van der Waals surface area (Å²) in [5.41, 5.74) is 1.04. The molecule has 10 heteroatoms. The SMILES string of the molecule is Cn1cc(Nc2ncc(Cl)c(NC3CCCCCCCCCCCCCCCCCCCCCCCCCCCCCCCCCCCCCCCCCCCCCCCCC4(CC3)CCN(C(=O)CC#N)CC4)n2)cn1. The Balaban J connectivity index is 1.22. The van der Waals surface area contributed by atoms with Gasteiger partial charge in [0.15, 0.2) is 5.82 Å². The molecule has 1 unspecified atom stereocenters. The van der Waals surface area contributed by atoms with Gasteiger partial charge in [0.1, 0.15) is 11.4 Å². The van der Waals surface area contributed by atoms with Gasteiger partial charge in [-0.05, 0) is 43.9 Å². The predicted octanol–water partition coefficient (Wildman–Crippen LogP) is 21.4. The third kappa shape index (κ3) is 34.1. The summed E-state index contributed by atoms with van der Waals surface area (Å²) in [5.74, 6) is 1.18. The molecule has 1 aliphatic heterocycles. The van der Waals surface area contributed by atoms with E-state index in [1.165, 1.54) is 302 Å². The average Bonchev–Trinajstić information content (AvgIpc) is 3.85. The number of hydrogen-bond donors (Lipinski definition) is 2. The zero-order chi connectivity index (χ0) is 54.4. The van der Waals surface area contributed by atoms with E-state index in [0.29, 0.717) is 16.8 Å². The molecule has 1 aliphatic carbocycles. The number of amides is 1. The zero-order valence-corrected chi connectivity index (χ0v) is 50.9. The van der Waals surface area contributed by atoms with Crippen molar-refractivity contribution in [3.8, 4) is 6.07 Å². The highest BCUT2D eigenvalue weighted by Crippen LogP contribution is 2.42. The maximum Gasteiger partial charge on any atom is 0.236 e. The van der Waals surface area contributed by atoms with Crippen LogP contribution in [-0.4, -0.2) is 49.7 Å². The Bertz CT molecular complexity index is 1740. The highest BCUT2D eigenvalue weighted by molar-refractivity contribution is 6.32. The summed E-state index contributed by atoms with van der Waals surface area (Å²) in [6.07, 6.45) is 77.0. The van der Waals surface area contributed by atoms with Crippen LogP contribution in [0.4, 0.5) is 17.5 Å². The number of carbonyl (C=O) groups is 1. The normalized spacial score (nSPS) is 22.5. The number of rotatable bonds is 5. The van der Waals surface area contributed by atoms with Crippen molar-refractivity contribution >= 4 is 35.0 Å². The largest absolute Gasteiger partial charge is 0.366 e. The molecular weight excluding hydrogens is 968 g/mol. The standard InChI is InChI=1S/C67H119ClN8O/c1-75-60-62(58-71-75)73-66-70-59-63(68)65(74-66)72-61-48-46-44-42-40-38-36-34-32-30-28-26-24-22-20-18-16-14-12-10-8-6-4-2-3-5-7-9-11-13-15-17-19-21-23-25-27-29-31-33-35-37-39-41-43-45-47-51-67(52-49-61)53-56-76(57-54-67)64(77)50-55-69/h58-61H,2-54,56-57H2,1H3,(H2,70,72,73,74). The van der Waals surface area contributed by atoms with Gasteiger partial charge in [-0.2, -0.15) is 15.3 Å². The van der Waals surface area contributed by atoms with Crippen molar-refractivity contribution < 1.29 is 4.79 Å². The molecule has 440 valence electrons. The minimum Gasteiger partial charge on any atom is -0.366 e. The number of nitriles is 1. The van der Waals surface area contributed by atoms with Gasteiger partial charge < -0.3 is 15.5 Å². The lowest BCUT2D eigenvalue weighted by Crippen LogP contribution is -2.43. The highest BCUT2D eigenvalue weighted by Gasteiger charge is 2.36. The first-order valence-electron chi connectivity index (χ1n) is 33.7. The van der Waals surface area contributed by atoms with E-state index < -0.39 is 0 Å². The molecule has 1 saturated heterocycles. The van der Waals surface area contributed by atoms with Crippen LogP contribution in [0, 0.1) is 16.7 Å². The third-order valence-electron chi connectivity index (χ3n) is 18.0. The summed E-state index contributed by atoms with van der Waals surface area (Å²) in [7, 11) is 1.90. The van der Waals surface area contributed by atoms with E-state index in [0.717, 1.165) is 50.9 Å². The van der Waals surface area contributed by atoms with Gasteiger partial charge in [-0.1, -0.05) is 307 Å². The van der Waals surface area contributed by atoms with Crippen LogP contribution in [0.2, 0.25) is 5.02 Å². The number of nitrogens with zero attached hydrogens (tertiary/aromatic N) is 6. The molecule has 1 amide bonds. The fourth-order valence-electron chi connectivity index (χ4n) is 12.8. The number of aryl methyl sites for hydroxylation is 1. The van der Waals surface area contributed by atoms with Crippen molar-refractivity contribution in [2.24, 2.45) is 12.5 Å². The predicted molar refractivity (Wildman–Crippen MR) is 330 cm³/mol. The van der Waals surface area contributed by atoms with Crippen LogP contribution < -0.4 is 10.6 Å². The molecule has 1 atom stereocenters. The minimum atomic E-state index is -0.0175. The molecule has 2 N–H and O–H groups in total. The second kappa shape index (κ2) is 45.8. The minimum absolute atomic E-state index is 0.00898. The lowest BCUT2D eigenvalue weighted by atomic mass is 9.70. The van der Waals surface area contributed by atoms with Gasteiger partial charge in [0.05, 0.1) is 24.2 Å². The Morgan fingerprint density at radius 2 is 0.896 bits per heavy atom. The molecule has 3 heterocycles. The first-order valence-corrected chi connectivity index (χ1v) is 34.0. The van der Waals surface area contributed by atoms with Crippen LogP contribution in [0.15, 0.2) is 18.6 Å². The summed E-state index contributed by atoms with van der Waals surface area (Å²) in [5, 5.41) is 21.3. The molecule has 4 rings (SSSR count). The van der Waals surface area contributed by atoms with Crippen LogP contribution in [-0.2, 0) is 11.8 Å². The summed E-state index contributed by atoms with van der Waals surface area (Å²) >= 11 is 6.83. The summed E-state index contributed by atoms with van der Waals surface area (Å²) in [4.78, 5) is 24.2. The van der Waals surface area contributed by atoms with Crippen LogP contribution in [0.5, 0.6) is 0 Å². The smallest absolute Gasteiger partial charge is 0.236 e. The van der Waals surface area contributed by atoms with Crippen molar-refractivity contribution in [3.63, 3.8) is 0 Å². The lowest BCUT2D eigenvalue weighted by molar-refractivity contribution is -0.132. The van der Waals surface area contributed by atoms with Gasteiger partial charge >= 0.3 is 0 Å². The van der Waals surface area contributed by atoms with E-state index >= 15 is 0 Å². The number of likely N-dealkylation sites (tertiary alicyclic amines) is 1. The third-order valence-corrected chi connectivity index (χ3v) is 18.3. The van der Waals surface area contributed by atoms with Crippen LogP contribution >= 0.6 is 11.6 Å². The quantitative estimate of drug-likeness (QED) is 0.307. The fraction of sp³-hybridized carbons (Fsp3) is 0.866. The monoisotopic (exact) mass is 1090 g/mol. The average molecular weight is 1090 g/mol. The van der Waals surface area contributed by atoms with E-state index in [-0.39, 0.29) is 23.8 Å². The molecule has 0 bridgehead atoms. The molecule has 2 aromatic heterocycles. The van der Waals surface area contributed by atoms with Crippen LogP contribution in [0.1, 0.15) is 340 Å². The summed E-state index contributed by atoms with van der Waals surface area (Å²) < 4.78 is 1.76. The molecule has 77 heavy (non-hydrogen) atoms. The molecule has 1 spiro atoms. The highest BCUT2D eigenvalue weighted by atomic mass is 35.5. The van der Waals surface area contributed by atoms with Gasteiger partial charge in [-0.15, -0.1) is 0 Å². The van der Waals surface area contributed by atoms with E-state index in [1.807, 2.05) is 18.1 Å². The van der Waals surface area contributed by atoms with Gasteiger partial charge in [0, 0.05) is 32.4 Å². The van der Waals surface area contributed by atoms with Crippen molar-refractivity contribution in [3.05, 3.63) is 23.6 Å². The topological polar surface area (TPSA) is 112 Å². The number of hydrogen-bond acceptors (Lipinski definition) is 7. The number of aromatic nitrogens is 4. The van der Waals surface area contributed by atoms with E-state index in [4.69, 9.17) is 16.6 Å². The van der Waals surface area contributed by atoms with E-state index in [2.05, 4.69) is 26.8 Å². The molecule has 1 saturated carbocycles. The maximum absolute atomic E-state index is 12.8. The Kier molecular flexibility index (Phi) is 39.7. The molecule has 2 aliphatic rings. The lowest BCUT2D eigenvalue weighted by Gasteiger charge is -2.43. The fourth-order valence-corrected chi connectivity index (χ4v) is 13.0. The Labute approximate surface area is 479 Å². The van der Waals surface area contributed by atoms with Crippen molar-refractivity contribution in [2.45, 2.75) is 346 Å². The molecule has 0 radical (unpaired) electrons. The van der Waals surface area contributed by atoms with Crippen molar-refractivity contribution in [2.75, 3.05) is 23.7 Å². The van der Waals surface area contributed by atoms with Crippen LogP contribution in [0.25, 0.3) is 0 Å². The van der Waals surface area contributed by atoms with Gasteiger partial charge in [-0.25, -0.2) is 4.98 Å². The first-order chi connectivity index (χ1) is 38.0. The number of piperidine rings is 1. The van der Waals surface area contributed by atoms with E-state index in [9.17, 15) is 10.1 Å². The van der Waals surface area contributed by atoms with Gasteiger partial charge in [0.2, 0.25) is 11.9 Å². The summed E-state index contributed by atoms with van der Waals surface area (Å²) in [6.45, 7) is 1.53. The van der Waals surface area contributed by atoms with Crippen LogP contribution in [0.3, 0.4) is 0 Å². The zero-order valence-electron chi connectivity index (χ0n) is 50.2.